The van der Waals surface area contributed by atoms with E-state index in [1.165, 1.54) is 40.9 Å². The largest absolute Gasteiger partial charge is 0.490 e. The van der Waals surface area contributed by atoms with Gasteiger partial charge in [0.1, 0.15) is 0 Å². The molecule has 0 aliphatic carbocycles. The number of nitro benzene ring substituents is 1. The topological polar surface area (TPSA) is 81.9 Å². The van der Waals surface area contributed by atoms with Crippen LogP contribution in [0, 0.1) is 10.1 Å². The maximum Gasteiger partial charge on any atom is 0.270 e. The van der Waals surface area contributed by atoms with Crippen LogP contribution >= 0.6 is 24.0 Å². The summed E-state index contributed by atoms with van der Waals surface area (Å²) in [4.78, 5) is 25.2. The highest BCUT2D eigenvalue weighted by molar-refractivity contribution is 8.27. The molecule has 1 heterocycles. The Kier molecular flexibility index (Phi) is 7.29. The molecular formula is C22H22N2O5S2. The van der Waals surface area contributed by atoms with Gasteiger partial charge in [-0.1, -0.05) is 37.0 Å². The zero-order valence-corrected chi connectivity index (χ0v) is 19.0. The second-order valence-corrected chi connectivity index (χ2v) is 8.44. The molecule has 9 heteroatoms. The van der Waals surface area contributed by atoms with Gasteiger partial charge in [0.25, 0.3) is 11.6 Å². The molecular weight excluding hydrogens is 436 g/mol. The number of hydrogen-bond donors (Lipinski definition) is 0. The van der Waals surface area contributed by atoms with Gasteiger partial charge in [0, 0.05) is 12.1 Å². The summed E-state index contributed by atoms with van der Waals surface area (Å²) in [7, 11) is 0. The molecule has 2 aromatic rings. The number of ether oxygens (including phenoxy) is 2. The number of hydrogen-bond acceptors (Lipinski definition) is 7. The Morgan fingerprint density at radius 1 is 1.19 bits per heavy atom. The van der Waals surface area contributed by atoms with Crippen LogP contribution in [0.3, 0.4) is 0 Å². The summed E-state index contributed by atoms with van der Waals surface area (Å²) in [5, 5.41) is 10.9. The number of thiocarbonyl (C=S) groups is 1. The van der Waals surface area contributed by atoms with Crippen molar-refractivity contribution in [2.24, 2.45) is 0 Å². The molecule has 0 radical (unpaired) electrons. The smallest absolute Gasteiger partial charge is 0.270 e. The Balaban J connectivity index is 1.86. The van der Waals surface area contributed by atoms with E-state index in [1.54, 1.807) is 6.08 Å². The van der Waals surface area contributed by atoms with Crippen molar-refractivity contribution in [3.63, 3.8) is 0 Å². The fraction of sp³-hybridized carbons (Fsp3) is 0.273. The fourth-order valence-electron chi connectivity index (χ4n) is 2.85. The molecule has 0 unspecified atom stereocenters. The lowest BCUT2D eigenvalue weighted by Crippen LogP contribution is -2.27. The van der Waals surface area contributed by atoms with E-state index in [2.05, 4.69) is 0 Å². The number of benzene rings is 2. The first-order chi connectivity index (χ1) is 14.8. The fourth-order valence-corrected chi connectivity index (χ4v) is 4.14. The van der Waals surface area contributed by atoms with E-state index < -0.39 is 4.92 Å². The Bertz CT molecular complexity index is 1040. The maximum absolute atomic E-state index is 13.0. The van der Waals surface area contributed by atoms with E-state index in [1.807, 2.05) is 39.0 Å². The predicted molar refractivity (Wildman–Crippen MR) is 127 cm³/mol. The second kappa shape index (κ2) is 9.93. The quantitative estimate of drug-likeness (QED) is 0.221. The Labute approximate surface area is 190 Å². The first-order valence-electron chi connectivity index (χ1n) is 9.80. The molecule has 1 amide bonds. The van der Waals surface area contributed by atoms with Crippen LogP contribution in [-0.4, -0.2) is 27.9 Å². The van der Waals surface area contributed by atoms with Crippen molar-refractivity contribution >= 4 is 51.7 Å². The SMILES string of the molecule is CCOc1cc(/C=C2\SC(=S)N(c3ccc([N+](=O)[O-])cc3)C2=O)ccc1O[C@@H](C)CC. The van der Waals surface area contributed by atoms with Crippen molar-refractivity contribution in [3.05, 3.63) is 63.0 Å². The Morgan fingerprint density at radius 3 is 2.52 bits per heavy atom. The molecule has 0 aromatic heterocycles. The van der Waals surface area contributed by atoms with Crippen LogP contribution in [0.4, 0.5) is 11.4 Å². The molecule has 162 valence electrons. The van der Waals surface area contributed by atoms with Crippen LogP contribution in [0.5, 0.6) is 11.5 Å². The normalized spacial score (nSPS) is 16.0. The van der Waals surface area contributed by atoms with Gasteiger partial charge in [-0.2, -0.15) is 0 Å². The molecule has 0 bridgehead atoms. The lowest BCUT2D eigenvalue weighted by molar-refractivity contribution is -0.384. The molecule has 3 rings (SSSR count). The lowest BCUT2D eigenvalue weighted by Gasteiger charge is -2.16. The molecule has 31 heavy (non-hydrogen) atoms. The summed E-state index contributed by atoms with van der Waals surface area (Å²) >= 11 is 6.56. The van der Waals surface area contributed by atoms with E-state index >= 15 is 0 Å². The van der Waals surface area contributed by atoms with Gasteiger partial charge < -0.3 is 9.47 Å². The molecule has 7 nitrogen and oxygen atoms in total. The number of amides is 1. The Morgan fingerprint density at radius 2 is 1.90 bits per heavy atom. The first-order valence-corrected chi connectivity index (χ1v) is 11.0. The molecule has 0 saturated carbocycles. The van der Waals surface area contributed by atoms with Crippen molar-refractivity contribution in [1.82, 2.24) is 0 Å². The zero-order valence-electron chi connectivity index (χ0n) is 17.4. The zero-order chi connectivity index (χ0) is 22.5. The van der Waals surface area contributed by atoms with Gasteiger partial charge in [0.15, 0.2) is 15.8 Å². The van der Waals surface area contributed by atoms with Gasteiger partial charge in [-0.3, -0.25) is 19.8 Å². The van der Waals surface area contributed by atoms with Gasteiger partial charge in [0.05, 0.1) is 28.2 Å². The highest BCUT2D eigenvalue weighted by Gasteiger charge is 2.33. The Hall–Kier alpha value is -2.91. The van der Waals surface area contributed by atoms with Gasteiger partial charge in [0.2, 0.25) is 0 Å². The van der Waals surface area contributed by atoms with Crippen molar-refractivity contribution in [1.29, 1.82) is 0 Å². The number of non-ortho nitro benzene ring substituents is 1. The maximum atomic E-state index is 13.0. The highest BCUT2D eigenvalue weighted by Crippen LogP contribution is 2.38. The number of rotatable bonds is 8. The average molecular weight is 459 g/mol. The van der Waals surface area contributed by atoms with Crippen molar-refractivity contribution < 1.29 is 19.2 Å². The number of carbonyl (C=O) groups is 1. The average Bonchev–Trinajstić information content (AvgIpc) is 3.02. The van der Waals surface area contributed by atoms with E-state index in [4.69, 9.17) is 21.7 Å². The third-order valence-electron chi connectivity index (χ3n) is 4.58. The highest BCUT2D eigenvalue weighted by atomic mass is 32.2. The van der Waals surface area contributed by atoms with E-state index in [0.29, 0.717) is 33.0 Å². The first kappa shape index (κ1) is 22.8. The van der Waals surface area contributed by atoms with E-state index in [0.717, 1.165) is 12.0 Å². The van der Waals surface area contributed by atoms with Crippen LogP contribution in [-0.2, 0) is 4.79 Å². The third kappa shape index (κ3) is 5.23. The molecule has 0 spiro atoms. The molecule has 0 N–H and O–H groups in total. The van der Waals surface area contributed by atoms with Crippen LogP contribution in [0.25, 0.3) is 6.08 Å². The number of nitrogens with zero attached hydrogens (tertiary/aromatic N) is 2. The monoisotopic (exact) mass is 458 g/mol. The summed E-state index contributed by atoms with van der Waals surface area (Å²) in [5.41, 5.74) is 1.22. The summed E-state index contributed by atoms with van der Waals surface area (Å²) in [6.45, 7) is 6.43. The molecule has 1 aliphatic rings. The minimum Gasteiger partial charge on any atom is -0.490 e. The lowest BCUT2D eigenvalue weighted by atomic mass is 10.1. The molecule has 1 aliphatic heterocycles. The summed E-state index contributed by atoms with van der Waals surface area (Å²) < 4.78 is 12.0. The molecule has 2 aromatic carbocycles. The van der Waals surface area contributed by atoms with Gasteiger partial charge in [-0.25, -0.2) is 0 Å². The number of carbonyl (C=O) groups excluding carboxylic acids is 1. The van der Waals surface area contributed by atoms with Crippen LogP contribution in [0.15, 0.2) is 47.4 Å². The molecule has 1 saturated heterocycles. The van der Waals surface area contributed by atoms with Crippen LogP contribution in [0.1, 0.15) is 32.8 Å². The minimum atomic E-state index is -0.488. The van der Waals surface area contributed by atoms with Gasteiger partial charge >= 0.3 is 0 Å². The number of nitro groups is 1. The number of thioether (sulfide) groups is 1. The minimum absolute atomic E-state index is 0.0483. The summed E-state index contributed by atoms with van der Waals surface area (Å²) in [6.07, 6.45) is 2.68. The predicted octanol–water partition coefficient (Wildman–Crippen LogP) is 5.58. The van der Waals surface area contributed by atoms with E-state index in [-0.39, 0.29) is 17.7 Å². The second-order valence-electron chi connectivity index (χ2n) is 6.77. The van der Waals surface area contributed by atoms with Crippen molar-refractivity contribution in [2.45, 2.75) is 33.3 Å². The van der Waals surface area contributed by atoms with Gasteiger partial charge in [-0.05, 0) is 56.2 Å². The van der Waals surface area contributed by atoms with Crippen LogP contribution in [0.2, 0.25) is 0 Å². The third-order valence-corrected chi connectivity index (χ3v) is 5.88. The molecule has 1 fully saturated rings. The molecule has 1 atom stereocenters. The standard InChI is InChI=1S/C22H22N2O5S2/c1-4-14(3)29-18-11-6-15(12-19(18)28-5-2)13-20-21(25)23(22(30)31-20)16-7-9-17(10-8-16)24(26)27/h6-14H,4-5H2,1-3H3/b20-13-/t14-/m0/s1. The summed E-state index contributed by atoms with van der Waals surface area (Å²) in [5.74, 6) is 0.996. The van der Waals surface area contributed by atoms with E-state index in [9.17, 15) is 14.9 Å². The number of anilines is 1. The van der Waals surface area contributed by atoms with Crippen molar-refractivity contribution in [3.8, 4) is 11.5 Å². The van der Waals surface area contributed by atoms with Crippen molar-refractivity contribution in [2.75, 3.05) is 11.5 Å². The van der Waals surface area contributed by atoms with Gasteiger partial charge in [-0.15, -0.1) is 0 Å². The van der Waals surface area contributed by atoms with Crippen LogP contribution < -0.4 is 14.4 Å². The summed E-state index contributed by atoms with van der Waals surface area (Å²) in [6, 6.07) is 11.3.